The molecule has 0 saturated heterocycles. The average Bonchev–Trinajstić information content (AvgIpc) is 3.41. The number of carbonyl (C=O) groups excluding carboxylic acids is 1. The molecule has 14 heteroatoms. The fourth-order valence-corrected chi connectivity index (χ4v) is 4.72. The topological polar surface area (TPSA) is 120 Å². The minimum absolute atomic E-state index is 0.0624. The lowest BCUT2D eigenvalue weighted by Gasteiger charge is -2.13. The molecule has 3 aromatic rings. The van der Waals surface area contributed by atoms with Crippen molar-refractivity contribution in [3.8, 4) is 11.5 Å². The predicted molar refractivity (Wildman–Crippen MR) is 106 cm³/mol. The van der Waals surface area contributed by atoms with E-state index in [2.05, 4.69) is 20.2 Å². The number of hydrogen-bond acceptors (Lipinski definition) is 8. The zero-order valence-corrected chi connectivity index (χ0v) is 17.5. The number of nitrogens with zero attached hydrogens (tertiary/aromatic N) is 2. The molecule has 0 saturated carbocycles. The third-order valence-corrected chi connectivity index (χ3v) is 6.57. The van der Waals surface area contributed by atoms with Gasteiger partial charge in [-0.3, -0.25) is 4.79 Å². The summed E-state index contributed by atoms with van der Waals surface area (Å²) in [5.41, 5.74) is -0.867. The Bertz CT molecular complexity index is 1280. The van der Waals surface area contributed by atoms with Gasteiger partial charge in [-0.25, -0.2) is 13.1 Å². The summed E-state index contributed by atoms with van der Waals surface area (Å²) in [5.74, 6) is 0.410. The van der Waals surface area contributed by atoms with E-state index >= 15 is 0 Å². The molecule has 1 aliphatic heterocycles. The summed E-state index contributed by atoms with van der Waals surface area (Å²) in [6.45, 7) is -0.362. The molecule has 0 unspecified atom stereocenters. The van der Waals surface area contributed by atoms with E-state index in [0.29, 0.717) is 23.3 Å². The van der Waals surface area contributed by atoms with Gasteiger partial charge in [0.2, 0.25) is 21.8 Å². The van der Waals surface area contributed by atoms with E-state index in [1.807, 2.05) is 0 Å². The maximum atomic E-state index is 13.1. The van der Waals surface area contributed by atoms with Crippen molar-refractivity contribution in [2.45, 2.75) is 17.6 Å². The van der Waals surface area contributed by atoms with Crippen LogP contribution < -0.4 is 19.5 Å². The first-order valence-electron chi connectivity index (χ1n) is 8.83. The van der Waals surface area contributed by atoms with E-state index in [4.69, 9.17) is 9.47 Å². The molecule has 0 spiro atoms. The summed E-state index contributed by atoms with van der Waals surface area (Å²) in [6, 6.07) is 8.60. The van der Waals surface area contributed by atoms with Crippen LogP contribution in [0.1, 0.15) is 20.4 Å². The summed E-state index contributed by atoms with van der Waals surface area (Å²) in [4.78, 5) is 11.5. The Balaban J connectivity index is 1.43. The molecule has 0 aliphatic carbocycles. The number of anilines is 1. The SMILES string of the molecule is O=C(Nc1ccc2c(c1)OCO2)c1nnc(CNS(=O)(=O)c2ccccc2C(F)(F)F)s1. The number of aromatic nitrogens is 2. The van der Waals surface area contributed by atoms with Crippen LogP contribution in [-0.2, 0) is 22.7 Å². The second-order valence-electron chi connectivity index (χ2n) is 6.34. The first kappa shape index (κ1) is 22.0. The normalized spacial score (nSPS) is 13.2. The maximum absolute atomic E-state index is 13.1. The number of halogens is 3. The van der Waals surface area contributed by atoms with E-state index in [9.17, 15) is 26.4 Å². The molecule has 1 amide bonds. The molecule has 168 valence electrons. The Labute approximate surface area is 183 Å². The summed E-state index contributed by atoms with van der Waals surface area (Å²) in [5, 5.41) is 10.0. The number of nitrogens with one attached hydrogen (secondary N) is 2. The van der Waals surface area contributed by atoms with Crippen molar-refractivity contribution in [2.75, 3.05) is 12.1 Å². The van der Waals surface area contributed by atoms with Gasteiger partial charge in [0.1, 0.15) is 5.01 Å². The second-order valence-corrected chi connectivity index (χ2v) is 9.14. The Morgan fingerprint density at radius 1 is 1.09 bits per heavy atom. The zero-order valence-electron chi connectivity index (χ0n) is 15.8. The molecule has 1 aromatic heterocycles. The van der Waals surface area contributed by atoms with Crippen LogP contribution in [0.15, 0.2) is 47.4 Å². The molecular formula is C18H13F3N4O5S2. The van der Waals surface area contributed by atoms with Crippen LogP contribution in [0, 0.1) is 0 Å². The van der Waals surface area contributed by atoms with Crippen molar-refractivity contribution >= 4 is 33.0 Å². The van der Waals surface area contributed by atoms with Crippen LogP contribution >= 0.6 is 11.3 Å². The number of rotatable bonds is 6. The molecule has 0 atom stereocenters. The molecule has 2 N–H and O–H groups in total. The number of hydrogen-bond donors (Lipinski definition) is 2. The minimum Gasteiger partial charge on any atom is -0.454 e. The fourth-order valence-electron chi connectivity index (χ4n) is 2.75. The highest BCUT2D eigenvalue weighted by atomic mass is 32.2. The van der Waals surface area contributed by atoms with E-state index in [1.165, 1.54) is 6.07 Å². The number of ether oxygens (including phenoxy) is 2. The molecular weight excluding hydrogens is 473 g/mol. The average molecular weight is 486 g/mol. The summed E-state index contributed by atoms with van der Waals surface area (Å²) >= 11 is 0.792. The molecule has 0 bridgehead atoms. The van der Waals surface area contributed by atoms with Crippen LogP contribution in [0.5, 0.6) is 11.5 Å². The van der Waals surface area contributed by atoms with Crippen molar-refractivity contribution in [2.24, 2.45) is 0 Å². The van der Waals surface area contributed by atoms with Gasteiger partial charge in [-0.15, -0.1) is 10.2 Å². The standard InChI is InChI=1S/C18H13F3N4O5S2/c19-18(20,21)11-3-1-2-4-14(11)32(27,28)22-8-15-24-25-17(31-15)16(26)23-10-5-6-12-13(7-10)30-9-29-12/h1-7,22H,8-9H2,(H,23,26). The number of carbonyl (C=O) groups is 1. The molecule has 0 radical (unpaired) electrons. The number of alkyl halides is 3. The zero-order chi connectivity index (χ0) is 22.9. The largest absolute Gasteiger partial charge is 0.454 e. The van der Waals surface area contributed by atoms with Gasteiger partial charge in [0.05, 0.1) is 17.0 Å². The summed E-state index contributed by atoms with van der Waals surface area (Å²) in [6.07, 6.45) is -4.84. The van der Waals surface area contributed by atoms with E-state index in [-0.39, 0.29) is 16.8 Å². The third kappa shape index (κ3) is 4.66. The summed E-state index contributed by atoms with van der Waals surface area (Å²) in [7, 11) is -4.50. The van der Waals surface area contributed by atoms with Crippen molar-refractivity contribution in [1.82, 2.24) is 14.9 Å². The highest BCUT2D eigenvalue weighted by Gasteiger charge is 2.36. The predicted octanol–water partition coefficient (Wildman–Crippen LogP) is 3.02. The fraction of sp³-hybridized carbons (Fsp3) is 0.167. The van der Waals surface area contributed by atoms with Crippen molar-refractivity contribution in [3.63, 3.8) is 0 Å². The first-order chi connectivity index (χ1) is 15.1. The maximum Gasteiger partial charge on any atom is 0.417 e. The van der Waals surface area contributed by atoms with Crippen LogP contribution in [0.2, 0.25) is 0 Å². The Kier molecular flexibility index (Phi) is 5.75. The number of benzene rings is 2. The second kappa shape index (κ2) is 8.37. The van der Waals surface area contributed by atoms with Gasteiger partial charge in [0.15, 0.2) is 11.5 Å². The van der Waals surface area contributed by atoms with Gasteiger partial charge in [0, 0.05) is 11.8 Å². The highest BCUT2D eigenvalue weighted by molar-refractivity contribution is 7.89. The lowest BCUT2D eigenvalue weighted by atomic mass is 10.2. The van der Waals surface area contributed by atoms with Gasteiger partial charge < -0.3 is 14.8 Å². The van der Waals surface area contributed by atoms with E-state index in [0.717, 1.165) is 23.5 Å². The third-order valence-electron chi connectivity index (χ3n) is 4.19. The van der Waals surface area contributed by atoms with E-state index < -0.39 is 39.1 Å². The Morgan fingerprint density at radius 3 is 2.62 bits per heavy atom. The quantitative estimate of drug-likeness (QED) is 0.550. The minimum atomic E-state index is -4.84. The lowest BCUT2D eigenvalue weighted by Crippen LogP contribution is -2.26. The molecule has 2 heterocycles. The van der Waals surface area contributed by atoms with Gasteiger partial charge in [-0.1, -0.05) is 23.5 Å². The molecule has 4 rings (SSSR count). The number of amides is 1. The first-order valence-corrected chi connectivity index (χ1v) is 11.1. The van der Waals surface area contributed by atoms with Crippen LogP contribution in [-0.4, -0.2) is 31.3 Å². The number of fused-ring (bicyclic) bond motifs is 1. The molecule has 32 heavy (non-hydrogen) atoms. The molecule has 2 aromatic carbocycles. The monoisotopic (exact) mass is 486 g/mol. The summed E-state index contributed by atoms with van der Waals surface area (Å²) < 4.78 is 76.6. The lowest BCUT2D eigenvalue weighted by molar-refractivity contribution is -0.139. The van der Waals surface area contributed by atoms with Crippen LogP contribution in [0.4, 0.5) is 18.9 Å². The smallest absolute Gasteiger partial charge is 0.417 e. The number of sulfonamides is 1. The Morgan fingerprint density at radius 2 is 1.84 bits per heavy atom. The van der Waals surface area contributed by atoms with Crippen LogP contribution in [0.25, 0.3) is 0 Å². The van der Waals surface area contributed by atoms with Gasteiger partial charge in [0.25, 0.3) is 5.91 Å². The van der Waals surface area contributed by atoms with Gasteiger partial charge in [-0.05, 0) is 24.3 Å². The molecule has 1 aliphatic rings. The van der Waals surface area contributed by atoms with Crippen LogP contribution in [0.3, 0.4) is 0 Å². The highest BCUT2D eigenvalue weighted by Crippen LogP contribution is 2.35. The van der Waals surface area contributed by atoms with Crippen molar-refractivity contribution < 1.29 is 35.9 Å². The van der Waals surface area contributed by atoms with Gasteiger partial charge in [-0.2, -0.15) is 13.2 Å². The van der Waals surface area contributed by atoms with Crippen molar-refractivity contribution in [1.29, 1.82) is 0 Å². The van der Waals surface area contributed by atoms with Crippen molar-refractivity contribution in [3.05, 3.63) is 58.0 Å². The Hall–Kier alpha value is -3.23. The van der Waals surface area contributed by atoms with Gasteiger partial charge >= 0.3 is 6.18 Å². The molecule has 9 nitrogen and oxygen atoms in total. The van der Waals surface area contributed by atoms with E-state index in [1.54, 1.807) is 18.2 Å². The molecule has 0 fully saturated rings.